The molecule has 21 heavy (non-hydrogen) atoms. The van der Waals surface area contributed by atoms with Gasteiger partial charge in [0.1, 0.15) is 15.3 Å². The van der Waals surface area contributed by atoms with E-state index in [1.165, 1.54) is 6.20 Å². The van der Waals surface area contributed by atoms with Crippen LogP contribution >= 0.6 is 43.5 Å². The van der Waals surface area contributed by atoms with Gasteiger partial charge in [-0.25, -0.2) is 22.8 Å². The second kappa shape index (κ2) is 6.03. The van der Waals surface area contributed by atoms with E-state index in [-0.39, 0.29) is 26.0 Å². The van der Waals surface area contributed by atoms with Crippen LogP contribution < -0.4 is 10.5 Å². The van der Waals surface area contributed by atoms with Crippen LogP contribution in [0.15, 0.2) is 32.4 Å². The maximum Gasteiger partial charge on any atom is 0.264 e. The van der Waals surface area contributed by atoms with Crippen LogP contribution in [0, 0.1) is 5.82 Å². The van der Waals surface area contributed by atoms with Gasteiger partial charge in [-0.3, -0.25) is 4.72 Å². The number of halogens is 4. The van der Waals surface area contributed by atoms with Gasteiger partial charge in [-0.05, 0) is 44.0 Å². The van der Waals surface area contributed by atoms with E-state index in [4.69, 9.17) is 17.3 Å². The highest BCUT2D eigenvalue weighted by atomic mass is 79.9. The summed E-state index contributed by atoms with van der Waals surface area (Å²) in [5, 5.41) is -0.296. The molecule has 0 radical (unpaired) electrons. The molecule has 0 aliphatic carbocycles. The monoisotopic (exact) mass is 458 g/mol. The zero-order valence-electron chi connectivity index (χ0n) is 9.94. The van der Waals surface area contributed by atoms with Crippen molar-refractivity contribution in [3.05, 3.63) is 38.4 Å². The Bertz CT molecular complexity index is 819. The fourth-order valence-corrected chi connectivity index (χ4v) is 3.96. The number of hydrogen-bond donors (Lipinski definition) is 2. The zero-order chi connectivity index (χ0) is 15.8. The lowest BCUT2D eigenvalue weighted by Gasteiger charge is -2.10. The lowest BCUT2D eigenvalue weighted by Crippen LogP contribution is -2.16. The molecular weight excluding hydrogens is 454 g/mol. The average Bonchev–Trinajstić information content (AvgIpc) is 2.37. The molecule has 0 aliphatic heterocycles. The molecule has 0 aliphatic rings. The van der Waals surface area contributed by atoms with Crippen molar-refractivity contribution in [1.82, 2.24) is 9.97 Å². The third kappa shape index (κ3) is 3.62. The summed E-state index contributed by atoms with van der Waals surface area (Å²) in [5.41, 5.74) is 5.03. The molecule has 6 nitrogen and oxygen atoms in total. The highest BCUT2D eigenvalue weighted by molar-refractivity contribution is 9.11. The first-order chi connectivity index (χ1) is 9.70. The van der Waals surface area contributed by atoms with Crippen LogP contribution in [0.2, 0.25) is 5.02 Å². The third-order valence-electron chi connectivity index (χ3n) is 2.27. The van der Waals surface area contributed by atoms with E-state index in [2.05, 4.69) is 46.5 Å². The number of nitrogens with two attached hydrogens (primary N) is 1. The Labute approximate surface area is 141 Å². The van der Waals surface area contributed by atoms with Gasteiger partial charge in [-0.15, -0.1) is 0 Å². The summed E-state index contributed by atoms with van der Waals surface area (Å²) >= 11 is 11.9. The van der Waals surface area contributed by atoms with Crippen LogP contribution in [-0.2, 0) is 10.0 Å². The topological polar surface area (TPSA) is 98.0 Å². The SMILES string of the molecule is Nc1cc(S(=O)(=O)Nc2ncc(Br)nc2Br)c(Cl)cc1F. The van der Waals surface area contributed by atoms with Crippen LogP contribution in [-0.4, -0.2) is 18.4 Å². The third-order valence-corrected chi connectivity index (χ3v) is 5.01. The van der Waals surface area contributed by atoms with E-state index in [9.17, 15) is 12.8 Å². The fraction of sp³-hybridized carbons (Fsp3) is 0. The molecule has 0 spiro atoms. The molecule has 0 atom stereocenters. The lowest BCUT2D eigenvalue weighted by molar-refractivity contribution is 0.600. The zero-order valence-corrected chi connectivity index (χ0v) is 14.7. The number of nitrogens with one attached hydrogen (secondary N) is 1. The minimum Gasteiger partial charge on any atom is -0.396 e. The van der Waals surface area contributed by atoms with Crippen molar-refractivity contribution in [1.29, 1.82) is 0 Å². The molecule has 1 aromatic carbocycles. The minimum absolute atomic E-state index is 0.0443. The fourth-order valence-electron chi connectivity index (χ4n) is 1.35. The van der Waals surface area contributed by atoms with Gasteiger partial charge < -0.3 is 5.73 Å². The Morgan fingerprint density at radius 3 is 2.62 bits per heavy atom. The summed E-state index contributed by atoms with van der Waals surface area (Å²) in [5.74, 6) is -0.847. The van der Waals surface area contributed by atoms with E-state index in [1.54, 1.807) is 0 Å². The van der Waals surface area contributed by atoms with Crippen molar-refractivity contribution in [3.63, 3.8) is 0 Å². The molecule has 0 fully saturated rings. The summed E-state index contributed by atoms with van der Waals surface area (Å²) in [4.78, 5) is 7.43. The highest BCUT2D eigenvalue weighted by Gasteiger charge is 2.22. The Balaban J connectivity index is 2.46. The Morgan fingerprint density at radius 2 is 2.00 bits per heavy atom. The first-order valence-electron chi connectivity index (χ1n) is 5.16. The maximum atomic E-state index is 13.2. The number of anilines is 2. The van der Waals surface area contributed by atoms with Gasteiger partial charge in [0.05, 0.1) is 16.9 Å². The molecule has 0 amide bonds. The van der Waals surface area contributed by atoms with E-state index < -0.39 is 15.8 Å². The Kier molecular flexibility index (Phi) is 4.71. The molecular formula is C10H6Br2ClFN4O2S. The van der Waals surface area contributed by atoms with Gasteiger partial charge in [-0.2, -0.15) is 0 Å². The van der Waals surface area contributed by atoms with Crippen molar-refractivity contribution in [2.75, 3.05) is 10.5 Å². The van der Waals surface area contributed by atoms with Crippen LogP contribution in [0.4, 0.5) is 15.9 Å². The van der Waals surface area contributed by atoms with Crippen molar-refractivity contribution >= 4 is 65.0 Å². The van der Waals surface area contributed by atoms with Gasteiger partial charge in [0.15, 0.2) is 10.4 Å². The van der Waals surface area contributed by atoms with Crippen LogP contribution in [0.5, 0.6) is 0 Å². The highest BCUT2D eigenvalue weighted by Crippen LogP contribution is 2.29. The molecule has 0 unspecified atom stereocenters. The molecule has 1 aromatic heterocycles. The van der Waals surface area contributed by atoms with Gasteiger partial charge in [0, 0.05) is 0 Å². The smallest absolute Gasteiger partial charge is 0.264 e. The largest absolute Gasteiger partial charge is 0.396 e. The van der Waals surface area contributed by atoms with Crippen molar-refractivity contribution < 1.29 is 12.8 Å². The number of benzene rings is 1. The Morgan fingerprint density at radius 1 is 1.33 bits per heavy atom. The summed E-state index contributed by atoms with van der Waals surface area (Å²) < 4.78 is 40.5. The van der Waals surface area contributed by atoms with Gasteiger partial charge in [-0.1, -0.05) is 11.6 Å². The number of nitrogen functional groups attached to an aromatic ring is 1. The number of sulfonamides is 1. The standard InChI is InChI=1S/C10H6Br2ClFN4O2S/c11-8-3-16-10(9(12)17-8)18-21(19,20)7-2-6(15)5(14)1-4(7)13/h1-3H,15H2,(H,16,18). The number of rotatable bonds is 3. The Hall–Kier alpha value is -0.970. The molecule has 2 aromatic rings. The first-order valence-corrected chi connectivity index (χ1v) is 8.61. The second-order valence-electron chi connectivity index (χ2n) is 3.74. The van der Waals surface area contributed by atoms with Crippen LogP contribution in [0.3, 0.4) is 0 Å². The minimum atomic E-state index is -4.10. The van der Waals surface area contributed by atoms with Crippen LogP contribution in [0.25, 0.3) is 0 Å². The normalized spacial score (nSPS) is 11.4. The summed E-state index contributed by atoms with van der Waals surface area (Å²) in [6.45, 7) is 0. The van der Waals surface area contributed by atoms with Crippen molar-refractivity contribution in [2.45, 2.75) is 4.90 Å². The quantitative estimate of drug-likeness (QED) is 0.686. The van der Waals surface area contributed by atoms with Crippen LogP contribution in [0.1, 0.15) is 0 Å². The van der Waals surface area contributed by atoms with Gasteiger partial charge in [0.2, 0.25) is 0 Å². The van der Waals surface area contributed by atoms with Crippen molar-refractivity contribution in [2.24, 2.45) is 0 Å². The van der Waals surface area contributed by atoms with E-state index in [0.29, 0.717) is 4.60 Å². The molecule has 1 heterocycles. The maximum absolute atomic E-state index is 13.2. The predicted octanol–water partition coefficient (Wildman–Crippen LogP) is 3.18. The second-order valence-corrected chi connectivity index (χ2v) is 7.36. The number of nitrogens with zero attached hydrogens (tertiary/aromatic N) is 2. The molecule has 0 bridgehead atoms. The molecule has 11 heteroatoms. The number of aromatic nitrogens is 2. The number of hydrogen-bond acceptors (Lipinski definition) is 5. The molecule has 112 valence electrons. The molecule has 0 saturated heterocycles. The first kappa shape index (κ1) is 16.4. The van der Waals surface area contributed by atoms with Gasteiger partial charge >= 0.3 is 0 Å². The molecule has 3 N–H and O–H groups in total. The molecule has 2 rings (SSSR count). The predicted molar refractivity (Wildman–Crippen MR) is 84.1 cm³/mol. The summed E-state index contributed by atoms with van der Waals surface area (Å²) in [6, 6.07) is 1.76. The summed E-state index contributed by atoms with van der Waals surface area (Å²) in [6.07, 6.45) is 1.31. The summed E-state index contributed by atoms with van der Waals surface area (Å²) in [7, 11) is -4.10. The average molecular weight is 461 g/mol. The lowest BCUT2D eigenvalue weighted by atomic mass is 10.3. The van der Waals surface area contributed by atoms with E-state index >= 15 is 0 Å². The van der Waals surface area contributed by atoms with Gasteiger partial charge in [0.25, 0.3) is 10.0 Å². The molecule has 0 saturated carbocycles. The van der Waals surface area contributed by atoms with E-state index in [1.807, 2.05) is 0 Å². The van der Waals surface area contributed by atoms with E-state index in [0.717, 1.165) is 12.1 Å². The van der Waals surface area contributed by atoms with Crippen molar-refractivity contribution in [3.8, 4) is 0 Å².